The van der Waals surface area contributed by atoms with Crippen LogP contribution in [0.25, 0.3) is 11.1 Å². The minimum Gasteiger partial charge on any atom is -0.207 e. The smallest absolute Gasteiger partial charge is 0.176 e. The van der Waals surface area contributed by atoms with E-state index in [1.807, 2.05) is 26.5 Å². The van der Waals surface area contributed by atoms with Crippen LogP contribution in [-0.2, 0) is 14.1 Å². The van der Waals surface area contributed by atoms with E-state index >= 15 is 0 Å². The van der Waals surface area contributed by atoms with Crippen LogP contribution in [0.1, 0.15) is 0 Å². The second-order valence-corrected chi connectivity index (χ2v) is 3.52. The van der Waals surface area contributed by atoms with E-state index in [1.54, 1.807) is 0 Å². The summed E-state index contributed by atoms with van der Waals surface area (Å²) in [7, 11) is 4.07. The SMILES string of the molecule is C[n+]1cccc(-c2ccc[n+](C)c2)c1. The summed E-state index contributed by atoms with van der Waals surface area (Å²) in [5.41, 5.74) is 2.48. The van der Waals surface area contributed by atoms with E-state index in [1.165, 1.54) is 11.1 Å². The van der Waals surface area contributed by atoms with Gasteiger partial charge in [-0.2, -0.15) is 0 Å². The number of pyridine rings is 2. The van der Waals surface area contributed by atoms with Gasteiger partial charge in [0, 0.05) is 12.1 Å². The van der Waals surface area contributed by atoms with Crippen LogP contribution in [0.15, 0.2) is 49.1 Å². The minimum atomic E-state index is 1.24. The molecule has 0 saturated heterocycles. The van der Waals surface area contributed by atoms with Crippen molar-refractivity contribution in [1.29, 1.82) is 0 Å². The molecule has 0 atom stereocenters. The Labute approximate surface area is 84.1 Å². The van der Waals surface area contributed by atoms with Crippen molar-refractivity contribution in [2.24, 2.45) is 14.1 Å². The van der Waals surface area contributed by atoms with Gasteiger partial charge < -0.3 is 0 Å². The van der Waals surface area contributed by atoms with E-state index in [-0.39, 0.29) is 0 Å². The van der Waals surface area contributed by atoms with Crippen molar-refractivity contribution in [3.63, 3.8) is 0 Å². The number of nitrogens with zero attached hydrogens (tertiary/aromatic N) is 2. The lowest BCUT2D eigenvalue weighted by molar-refractivity contribution is -0.672. The molecule has 0 aliphatic carbocycles. The quantitative estimate of drug-likeness (QED) is 0.587. The van der Waals surface area contributed by atoms with Gasteiger partial charge >= 0.3 is 0 Å². The third-order valence-corrected chi connectivity index (χ3v) is 2.21. The van der Waals surface area contributed by atoms with Crippen molar-refractivity contribution in [2.45, 2.75) is 0 Å². The molecule has 2 aromatic heterocycles. The van der Waals surface area contributed by atoms with E-state index in [4.69, 9.17) is 0 Å². The second kappa shape index (κ2) is 3.58. The Hall–Kier alpha value is -1.70. The van der Waals surface area contributed by atoms with Crippen LogP contribution in [-0.4, -0.2) is 0 Å². The predicted octanol–water partition coefficient (Wildman–Crippen LogP) is 1.00. The molecule has 2 heterocycles. The van der Waals surface area contributed by atoms with Crippen LogP contribution in [0, 0.1) is 0 Å². The average Bonchev–Trinajstić information content (AvgIpc) is 2.18. The Bertz CT molecular complexity index is 406. The molecule has 0 aliphatic heterocycles. The van der Waals surface area contributed by atoms with E-state index in [0.717, 1.165) is 0 Å². The summed E-state index contributed by atoms with van der Waals surface area (Å²) in [4.78, 5) is 0. The number of hydrogen-bond donors (Lipinski definition) is 0. The maximum Gasteiger partial charge on any atom is 0.176 e. The molecule has 2 heteroatoms. The topological polar surface area (TPSA) is 7.76 Å². The first-order chi connectivity index (χ1) is 6.75. The molecule has 0 saturated carbocycles. The van der Waals surface area contributed by atoms with Gasteiger partial charge in [-0.15, -0.1) is 0 Å². The lowest BCUT2D eigenvalue weighted by atomic mass is 10.1. The third-order valence-electron chi connectivity index (χ3n) is 2.21. The van der Waals surface area contributed by atoms with Crippen LogP contribution >= 0.6 is 0 Å². The summed E-state index contributed by atoms with van der Waals surface area (Å²) in [6.07, 6.45) is 8.31. The Kier molecular flexibility index (Phi) is 2.27. The van der Waals surface area contributed by atoms with E-state index in [9.17, 15) is 0 Å². The average molecular weight is 186 g/mol. The standard InChI is InChI=1S/C12H14N2/c1-13-7-3-5-11(9-13)12-6-4-8-14(2)10-12/h3-10H,1-2H3/q+2. The van der Waals surface area contributed by atoms with Gasteiger partial charge in [0.2, 0.25) is 0 Å². The van der Waals surface area contributed by atoms with Crippen molar-refractivity contribution in [1.82, 2.24) is 0 Å². The van der Waals surface area contributed by atoms with Crippen molar-refractivity contribution >= 4 is 0 Å². The molecule has 2 aromatic rings. The van der Waals surface area contributed by atoms with Gasteiger partial charge in [0.25, 0.3) is 0 Å². The Morgan fingerprint density at radius 1 is 0.786 bits per heavy atom. The normalized spacial score (nSPS) is 10.1. The number of rotatable bonds is 1. The first-order valence-electron chi connectivity index (χ1n) is 4.67. The Morgan fingerprint density at radius 3 is 1.57 bits per heavy atom. The molecule has 2 rings (SSSR count). The van der Waals surface area contributed by atoms with Crippen LogP contribution in [0.3, 0.4) is 0 Å². The van der Waals surface area contributed by atoms with Crippen molar-refractivity contribution in [3.8, 4) is 11.1 Å². The summed E-state index contributed by atoms with van der Waals surface area (Å²) in [5, 5.41) is 0. The highest BCUT2D eigenvalue weighted by molar-refractivity contribution is 5.59. The van der Waals surface area contributed by atoms with Crippen LogP contribution < -0.4 is 9.13 Å². The number of aromatic nitrogens is 2. The van der Waals surface area contributed by atoms with Gasteiger partial charge in [-0.25, -0.2) is 9.13 Å². The molecule has 0 radical (unpaired) electrons. The van der Waals surface area contributed by atoms with E-state index < -0.39 is 0 Å². The fraction of sp³-hybridized carbons (Fsp3) is 0.167. The molecule has 0 fully saturated rings. The zero-order chi connectivity index (χ0) is 9.97. The lowest BCUT2D eigenvalue weighted by Crippen LogP contribution is -2.28. The van der Waals surface area contributed by atoms with Gasteiger partial charge in [0.1, 0.15) is 14.1 Å². The fourth-order valence-corrected chi connectivity index (χ4v) is 1.52. The van der Waals surface area contributed by atoms with Gasteiger partial charge in [-0.1, -0.05) is 0 Å². The second-order valence-electron chi connectivity index (χ2n) is 3.52. The Balaban J connectivity index is 2.49. The lowest BCUT2D eigenvalue weighted by Gasteiger charge is -1.96. The number of aryl methyl sites for hydroxylation is 2. The molecule has 0 bridgehead atoms. The summed E-state index contributed by atoms with van der Waals surface area (Å²) >= 11 is 0. The highest BCUT2D eigenvalue weighted by Crippen LogP contribution is 2.13. The summed E-state index contributed by atoms with van der Waals surface area (Å²) in [6, 6.07) is 8.36. The summed E-state index contributed by atoms with van der Waals surface area (Å²) in [6.45, 7) is 0. The van der Waals surface area contributed by atoms with Gasteiger partial charge in [0.05, 0.1) is 11.1 Å². The fourth-order valence-electron chi connectivity index (χ4n) is 1.52. The first kappa shape index (κ1) is 8.88. The third kappa shape index (κ3) is 1.79. The molecule has 0 aliphatic rings. The van der Waals surface area contributed by atoms with Gasteiger partial charge in [0.15, 0.2) is 24.8 Å². The zero-order valence-electron chi connectivity index (χ0n) is 8.51. The van der Waals surface area contributed by atoms with Gasteiger partial charge in [-0.3, -0.25) is 0 Å². The molecular weight excluding hydrogens is 172 g/mol. The van der Waals surface area contributed by atoms with Gasteiger partial charge in [-0.05, 0) is 12.1 Å². The monoisotopic (exact) mass is 186 g/mol. The van der Waals surface area contributed by atoms with Crippen LogP contribution in [0.4, 0.5) is 0 Å². The zero-order valence-corrected chi connectivity index (χ0v) is 8.51. The molecule has 14 heavy (non-hydrogen) atoms. The minimum absolute atomic E-state index is 1.24. The summed E-state index contributed by atoms with van der Waals surface area (Å²) in [5.74, 6) is 0. The van der Waals surface area contributed by atoms with E-state index in [0.29, 0.717) is 0 Å². The highest BCUT2D eigenvalue weighted by atomic mass is 14.9. The molecule has 0 amide bonds. The maximum atomic E-state index is 2.12. The molecule has 70 valence electrons. The summed E-state index contributed by atoms with van der Waals surface area (Å²) < 4.78 is 4.12. The Morgan fingerprint density at radius 2 is 1.21 bits per heavy atom. The molecule has 0 spiro atoms. The highest BCUT2D eigenvalue weighted by Gasteiger charge is 2.04. The number of hydrogen-bond acceptors (Lipinski definition) is 0. The van der Waals surface area contributed by atoms with Crippen LogP contribution in [0.5, 0.6) is 0 Å². The van der Waals surface area contributed by atoms with Crippen LogP contribution in [0.2, 0.25) is 0 Å². The largest absolute Gasteiger partial charge is 0.207 e. The predicted molar refractivity (Wildman–Crippen MR) is 54.2 cm³/mol. The molecule has 0 aromatic carbocycles. The molecule has 0 N–H and O–H groups in total. The maximum absolute atomic E-state index is 2.12. The van der Waals surface area contributed by atoms with E-state index in [2.05, 4.69) is 45.8 Å². The molecular formula is C12H14N2+2. The molecule has 2 nitrogen and oxygen atoms in total. The first-order valence-corrected chi connectivity index (χ1v) is 4.67. The molecule has 0 unspecified atom stereocenters. The van der Waals surface area contributed by atoms with Crippen molar-refractivity contribution in [2.75, 3.05) is 0 Å². The van der Waals surface area contributed by atoms with Crippen molar-refractivity contribution in [3.05, 3.63) is 49.1 Å². The van der Waals surface area contributed by atoms with Crippen molar-refractivity contribution < 1.29 is 9.13 Å².